The van der Waals surface area contributed by atoms with Gasteiger partial charge in [0.25, 0.3) is 10.0 Å². The number of hydrogen-bond donors (Lipinski definition) is 1. The third-order valence-corrected chi connectivity index (χ3v) is 7.82. The van der Waals surface area contributed by atoms with Gasteiger partial charge in [0, 0.05) is 11.6 Å². The van der Waals surface area contributed by atoms with Gasteiger partial charge in [0.15, 0.2) is 0 Å². The van der Waals surface area contributed by atoms with Crippen molar-refractivity contribution in [3.05, 3.63) is 32.0 Å². The van der Waals surface area contributed by atoms with Crippen LogP contribution in [0.5, 0.6) is 0 Å². The van der Waals surface area contributed by atoms with Crippen molar-refractivity contribution in [3.63, 3.8) is 0 Å². The number of halogens is 1. The maximum atomic E-state index is 12.4. The van der Waals surface area contributed by atoms with E-state index < -0.39 is 15.6 Å². The highest BCUT2D eigenvalue weighted by Gasteiger charge is 2.31. The van der Waals surface area contributed by atoms with Gasteiger partial charge in [-0.05, 0) is 48.3 Å². The zero-order chi connectivity index (χ0) is 14.3. The lowest BCUT2D eigenvalue weighted by Crippen LogP contribution is -2.40. The van der Waals surface area contributed by atoms with Crippen LogP contribution in [0.1, 0.15) is 24.4 Å². The highest BCUT2D eigenvalue weighted by Crippen LogP contribution is 2.32. The van der Waals surface area contributed by atoms with Gasteiger partial charge in [-0.15, -0.1) is 22.7 Å². The van der Waals surface area contributed by atoms with Crippen LogP contribution in [0.2, 0.25) is 0 Å². The standard InChI is InChI=1S/C11H13BrN2O2S3/c1-7-6-8(18-9(7)12)19(15,16)14-11(2,3)10-13-4-5-17-10/h4-6,14H,1-3H3. The lowest BCUT2D eigenvalue weighted by Gasteiger charge is -2.22. The van der Waals surface area contributed by atoms with Crippen LogP contribution in [-0.2, 0) is 15.6 Å². The van der Waals surface area contributed by atoms with E-state index in [1.807, 2.05) is 12.3 Å². The summed E-state index contributed by atoms with van der Waals surface area (Å²) >= 11 is 5.98. The lowest BCUT2D eigenvalue weighted by atomic mass is 10.1. The maximum Gasteiger partial charge on any atom is 0.250 e. The number of thiophene rings is 1. The highest BCUT2D eigenvalue weighted by atomic mass is 79.9. The maximum absolute atomic E-state index is 12.4. The molecule has 0 saturated heterocycles. The largest absolute Gasteiger partial charge is 0.250 e. The van der Waals surface area contributed by atoms with Crippen molar-refractivity contribution in [2.75, 3.05) is 0 Å². The number of nitrogens with one attached hydrogen (secondary N) is 1. The molecule has 1 N–H and O–H groups in total. The van der Waals surface area contributed by atoms with E-state index in [9.17, 15) is 8.42 Å². The van der Waals surface area contributed by atoms with Crippen LogP contribution < -0.4 is 4.72 Å². The zero-order valence-corrected chi connectivity index (χ0v) is 14.6. The fraction of sp³-hybridized carbons (Fsp3) is 0.364. The number of aryl methyl sites for hydroxylation is 1. The predicted molar refractivity (Wildman–Crippen MR) is 82.2 cm³/mol. The van der Waals surface area contributed by atoms with Gasteiger partial charge in [0.05, 0.1) is 9.33 Å². The molecule has 2 aromatic rings. The van der Waals surface area contributed by atoms with E-state index in [-0.39, 0.29) is 0 Å². The molecular formula is C11H13BrN2O2S3. The minimum Gasteiger partial charge on any atom is -0.248 e. The Morgan fingerprint density at radius 2 is 2.11 bits per heavy atom. The number of nitrogens with zero attached hydrogens (tertiary/aromatic N) is 1. The second-order valence-electron chi connectivity index (χ2n) is 4.59. The number of thiazole rings is 1. The number of aromatic nitrogens is 1. The molecule has 8 heteroatoms. The molecule has 0 fully saturated rings. The minimum atomic E-state index is -3.54. The van der Waals surface area contributed by atoms with E-state index >= 15 is 0 Å². The van der Waals surface area contributed by atoms with Crippen LogP contribution in [0.25, 0.3) is 0 Å². The van der Waals surface area contributed by atoms with Gasteiger partial charge >= 0.3 is 0 Å². The molecule has 0 amide bonds. The summed E-state index contributed by atoms with van der Waals surface area (Å²) in [4.78, 5) is 4.17. The molecular weight excluding hydrogens is 368 g/mol. The summed E-state index contributed by atoms with van der Waals surface area (Å²) in [5.74, 6) is 0. The van der Waals surface area contributed by atoms with Crippen molar-refractivity contribution in [1.29, 1.82) is 0 Å². The molecule has 0 saturated carbocycles. The van der Waals surface area contributed by atoms with E-state index in [1.165, 1.54) is 22.7 Å². The van der Waals surface area contributed by atoms with Crippen molar-refractivity contribution in [2.24, 2.45) is 0 Å². The van der Waals surface area contributed by atoms with Crippen LogP contribution in [0.3, 0.4) is 0 Å². The molecule has 0 aliphatic rings. The quantitative estimate of drug-likeness (QED) is 0.882. The molecule has 19 heavy (non-hydrogen) atoms. The molecule has 2 heterocycles. The SMILES string of the molecule is Cc1cc(S(=O)(=O)NC(C)(C)c2nccs2)sc1Br. The first-order chi connectivity index (χ1) is 8.72. The number of hydrogen-bond acceptors (Lipinski definition) is 5. The van der Waals surface area contributed by atoms with Gasteiger partial charge in [-0.2, -0.15) is 4.72 Å². The third kappa shape index (κ3) is 3.25. The number of rotatable bonds is 4. The summed E-state index contributed by atoms with van der Waals surface area (Å²) in [5.41, 5.74) is 0.189. The Balaban J connectivity index is 2.32. The van der Waals surface area contributed by atoms with Gasteiger partial charge in [-0.25, -0.2) is 13.4 Å². The van der Waals surface area contributed by atoms with E-state index in [4.69, 9.17) is 0 Å². The van der Waals surface area contributed by atoms with E-state index in [2.05, 4.69) is 25.6 Å². The Morgan fingerprint density at radius 1 is 1.42 bits per heavy atom. The Kier molecular flexibility index (Phi) is 4.18. The average molecular weight is 381 g/mol. The number of sulfonamides is 1. The van der Waals surface area contributed by atoms with Gasteiger partial charge in [0.2, 0.25) is 0 Å². The summed E-state index contributed by atoms with van der Waals surface area (Å²) in [7, 11) is -3.54. The smallest absolute Gasteiger partial charge is 0.248 e. The fourth-order valence-electron chi connectivity index (χ4n) is 1.53. The van der Waals surface area contributed by atoms with E-state index in [1.54, 1.807) is 26.1 Å². The summed E-state index contributed by atoms with van der Waals surface area (Å²) in [6.07, 6.45) is 1.67. The third-order valence-electron chi connectivity index (χ3n) is 2.46. The summed E-state index contributed by atoms with van der Waals surface area (Å²) in [6, 6.07) is 1.66. The van der Waals surface area contributed by atoms with Crippen LogP contribution in [0, 0.1) is 6.92 Å². The molecule has 0 bridgehead atoms. The Morgan fingerprint density at radius 3 is 2.58 bits per heavy atom. The van der Waals surface area contributed by atoms with Crippen molar-refractivity contribution in [1.82, 2.24) is 9.71 Å². The van der Waals surface area contributed by atoms with Crippen molar-refractivity contribution in [3.8, 4) is 0 Å². The average Bonchev–Trinajstić information content (AvgIpc) is 2.88. The molecule has 2 rings (SSSR count). The molecule has 0 aliphatic carbocycles. The first kappa shape index (κ1) is 15.1. The normalized spacial score (nSPS) is 12.8. The summed E-state index contributed by atoms with van der Waals surface area (Å²) in [6.45, 7) is 5.48. The second-order valence-corrected chi connectivity index (χ2v) is 9.76. The van der Waals surface area contributed by atoms with Crippen LogP contribution in [0.4, 0.5) is 0 Å². The topological polar surface area (TPSA) is 59.1 Å². The van der Waals surface area contributed by atoms with Crippen molar-refractivity contribution < 1.29 is 8.42 Å². The van der Waals surface area contributed by atoms with Crippen molar-refractivity contribution in [2.45, 2.75) is 30.5 Å². The molecule has 104 valence electrons. The summed E-state index contributed by atoms with van der Waals surface area (Å²) < 4.78 is 28.6. The van der Waals surface area contributed by atoms with Crippen LogP contribution in [-0.4, -0.2) is 13.4 Å². The van der Waals surface area contributed by atoms with Gasteiger partial charge < -0.3 is 0 Å². The Labute approximate surface area is 129 Å². The van der Waals surface area contributed by atoms with Crippen LogP contribution >= 0.6 is 38.6 Å². The Bertz CT molecular complexity index is 655. The van der Waals surface area contributed by atoms with Crippen molar-refractivity contribution >= 4 is 48.6 Å². The predicted octanol–water partition coefficient (Wildman–Crippen LogP) is 3.49. The molecule has 0 radical (unpaired) electrons. The highest BCUT2D eigenvalue weighted by molar-refractivity contribution is 9.11. The lowest BCUT2D eigenvalue weighted by molar-refractivity contribution is 0.471. The van der Waals surface area contributed by atoms with E-state index in [0.717, 1.165) is 14.4 Å². The molecule has 0 aliphatic heterocycles. The molecule has 0 atom stereocenters. The first-order valence-corrected chi connectivity index (χ1v) is 9.39. The Hall–Kier alpha value is -0.280. The molecule has 2 aromatic heterocycles. The second kappa shape index (κ2) is 5.25. The van der Waals surface area contributed by atoms with Gasteiger partial charge in [-0.3, -0.25) is 0 Å². The molecule has 0 unspecified atom stereocenters. The first-order valence-electron chi connectivity index (χ1n) is 5.42. The van der Waals surface area contributed by atoms with E-state index in [0.29, 0.717) is 4.21 Å². The fourth-order valence-corrected chi connectivity index (χ4v) is 5.91. The van der Waals surface area contributed by atoms with Gasteiger partial charge in [0.1, 0.15) is 9.22 Å². The molecule has 4 nitrogen and oxygen atoms in total. The molecule has 0 aromatic carbocycles. The van der Waals surface area contributed by atoms with Gasteiger partial charge in [-0.1, -0.05) is 0 Å². The summed E-state index contributed by atoms with van der Waals surface area (Å²) in [5, 5.41) is 2.57. The zero-order valence-electron chi connectivity index (χ0n) is 10.6. The monoisotopic (exact) mass is 380 g/mol. The molecule has 0 spiro atoms. The minimum absolute atomic E-state index is 0.307. The van der Waals surface area contributed by atoms with Crippen LogP contribution in [0.15, 0.2) is 25.6 Å².